The summed E-state index contributed by atoms with van der Waals surface area (Å²) < 4.78 is 27.4. The number of carbonyl (C=O) groups is 2. The van der Waals surface area contributed by atoms with E-state index >= 15 is 0 Å². The molecule has 0 saturated carbocycles. The van der Waals surface area contributed by atoms with E-state index in [1.54, 1.807) is 21.8 Å². The zero-order chi connectivity index (χ0) is 21.2. The fourth-order valence-corrected chi connectivity index (χ4v) is 6.87. The van der Waals surface area contributed by atoms with Crippen LogP contribution in [0, 0.1) is 5.41 Å². The van der Waals surface area contributed by atoms with Gasteiger partial charge in [-0.05, 0) is 49.5 Å². The minimum Gasteiger partial charge on any atom is -0.344 e. The summed E-state index contributed by atoms with van der Waals surface area (Å²) in [7, 11) is -3.42. The van der Waals surface area contributed by atoms with Crippen molar-refractivity contribution < 1.29 is 18.0 Å². The zero-order valence-corrected chi connectivity index (χ0v) is 18.7. The molecule has 0 radical (unpaired) electrons. The highest BCUT2D eigenvalue weighted by molar-refractivity contribution is 7.91. The maximum absolute atomic E-state index is 13.0. The summed E-state index contributed by atoms with van der Waals surface area (Å²) in [5, 5.41) is 4.52. The molecule has 160 valence electrons. The van der Waals surface area contributed by atoms with Gasteiger partial charge < -0.3 is 10.2 Å². The van der Waals surface area contributed by atoms with E-state index in [4.69, 9.17) is 0 Å². The van der Waals surface area contributed by atoms with Crippen LogP contribution in [-0.4, -0.2) is 61.7 Å². The summed E-state index contributed by atoms with van der Waals surface area (Å²) in [5.41, 5.74) is 0.805. The number of carbonyl (C=O) groups excluding carboxylic acids is 2. The van der Waals surface area contributed by atoms with Gasteiger partial charge in [-0.15, -0.1) is 17.9 Å². The van der Waals surface area contributed by atoms with Crippen molar-refractivity contribution in [3.63, 3.8) is 0 Å². The molecule has 2 saturated heterocycles. The highest BCUT2D eigenvalue weighted by atomic mass is 32.2. The Kier molecular flexibility index (Phi) is 6.50. The fraction of sp³-hybridized carbons (Fsp3) is 0.600. The van der Waals surface area contributed by atoms with Gasteiger partial charge in [-0.1, -0.05) is 11.6 Å². The molecule has 1 aromatic heterocycles. The lowest BCUT2D eigenvalue weighted by Gasteiger charge is -2.38. The van der Waals surface area contributed by atoms with Gasteiger partial charge in [0, 0.05) is 33.1 Å². The van der Waals surface area contributed by atoms with Crippen molar-refractivity contribution in [3.05, 3.63) is 29.7 Å². The second kappa shape index (κ2) is 8.57. The van der Waals surface area contributed by atoms with Gasteiger partial charge in [-0.2, -0.15) is 4.31 Å². The van der Waals surface area contributed by atoms with Gasteiger partial charge >= 0.3 is 0 Å². The number of piperidine rings is 1. The van der Waals surface area contributed by atoms with Gasteiger partial charge in [-0.25, -0.2) is 8.42 Å². The highest BCUT2D eigenvalue weighted by Crippen LogP contribution is 2.42. The Labute approximate surface area is 176 Å². The van der Waals surface area contributed by atoms with Crippen molar-refractivity contribution in [3.8, 4) is 0 Å². The minimum absolute atomic E-state index is 0.0405. The summed E-state index contributed by atoms with van der Waals surface area (Å²) in [6.07, 6.45) is 2.78. The lowest BCUT2D eigenvalue weighted by atomic mass is 9.78. The van der Waals surface area contributed by atoms with Gasteiger partial charge in [0.15, 0.2) is 0 Å². The molecule has 1 spiro atoms. The average molecular weight is 440 g/mol. The number of likely N-dealkylation sites (tertiary alicyclic amines) is 1. The molecule has 1 atom stereocenters. The summed E-state index contributed by atoms with van der Waals surface area (Å²) in [4.78, 5) is 26.3. The average Bonchev–Trinajstić information content (AvgIpc) is 3.31. The molecule has 2 amide bonds. The van der Waals surface area contributed by atoms with Crippen molar-refractivity contribution in [2.45, 2.75) is 49.8 Å². The van der Waals surface area contributed by atoms with E-state index in [0.717, 1.165) is 24.8 Å². The summed E-state index contributed by atoms with van der Waals surface area (Å²) in [6.45, 7) is 9.33. The van der Waals surface area contributed by atoms with Crippen LogP contribution in [0.3, 0.4) is 0 Å². The predicted octanol–water partition coefficient (Wildman–Crippen LogP) is 2.22. The molecule has 2 aliphatic heterocycles. The fourth-order valence-electron chi connectivity index (χ4n) is 4.28. The van der Waals surface area contributed by atoms with E-state index in [9.17, 15) is 18.0 Å². The van der Waals surface area contributed by atoms with Crippen LogP contribution in [0.2, 0.25) is 0 Å². The molecule has 3 rings (SSSR count). The normalized spacial score (nSPS) is 20.6. The number of hydrogen-bond acceptors (Lipinski definition) is 5. The largest absolute Gasteiger partial charge is 0.344 e. The maximum Gasteiger partial charge on any atom is 0.252 e. The van der Waals surface area contributed by atoms with Gasteiger partial charge in [0.05, 0.1) is 0 Å². The smallest absolute Gasteiger partial charge is 0.252 e. The van der Waals surface area contributed by atoms with E-state index in [1.165, 1.54) is 18.3 Å². The molecule has 2 fully saturated rings. The van der Waals surface area contributed by atoms with Crippen LogP contribution in [0.4, 0.5) is 0 Å². The quantitative estimate of drug-likeness (QED) is 0.689. The number of amides is 2. The van der Waals surface area contributed by atoms with Crippen molar-refractivity contribution in [1.82, 2.24) is 14.5 Å². The second-order valence-corrected chi connectivity index (χ2v) is 11.4. The van der Waals surface area contributed by atoms with Crippen LogP contribution in [0.1, 0.15) is 39.5 Å². The lowest BCUT2D eigenvalue weighted by Crippen LogP contribution is -2.49. The maximum atomic E-state index is 13.0. The molecule has 1 aromatic rings. The van der Waals surface area contributed by atoms with Crippen LogP contribution in [0.5, 0.6) is 0 Å². The number of hydrogen-bond donors (Lipinski definition) is 1. The monoisotopic (exact) mass is 439 g/mol. The number of sulfonamides is 1. The van der Waals surface area contributed by atoms with Crippen molar-refractivity contribution in [2.24, 2.45) is 5.41 Å². The summed E-state index contributed by atoms with van der Waals surface area (Å²) in [5.74, 6) is -0.306. The summed E-state index contributed by atoms with van der Waals surface area (Å²) in [6, 6.07) is 2.81. The van der Waals surface area contributed by atoms with Gasteiger partial charge in [0.1, 0.15) is 10.3 Å². The molecule has 0 aliphatic carbocycles. The van der Waals surface area contributed by atoms with E-state index in [0.29, 0.717) is 36.8 Å². The Bertz CT molecular complexity index is 856. The predicted molar refractivity (Wildman–Crippen MR) is 113 cm³/mol. The van der Waals surface area contributed by atoms with Gasteiger partial charge in [0.2, 0.25) is 11.8 Å². The Morgan fingerprint density at radius 2 is 1.90 bits per heavy atom. The number of rotatable bonds is 6. The molecular weight excluding hydrogens is 410 g/mol. The molecule has 1 N–H and O–H groups in total. The van der Waals surface area contributed by atoms with Crippen molar-refractivity contribution >= 4 is 33.2 Å². The molecule has 29 heavy (non-hydrogen) atoms. The van der Waals surface area contributed by atoms with E-state index in [-0.39, 0.29) is 17.2 Å². The first-order chi connectivity index (χ1) is 13.6. The van der Waals surface area contributed by atoms with E-state index in [1.807, 2.05) is 11.8 Å². The molecule has 0 aromatic carbocycles. The zero-order valence-electron chi connectivity index (χ0n) is 17.0. The lowest BCUT2D eigenvalue weighted by molar-refractivity contribution is -0.135. The summed E-state index contributed by atoms with van der Waals surface area (Å²) >= 11 is 1.24. The molecule has 7 nitrogen and oxygen atoms in total. The Balaban J connectivity index is 1.62. The number of thiophene rings is 1. The molecule has 1 unspecified atom stereocenters. The molecule has 3 heterocycles. The van der Waals surface area contributed by atoms with Gasteiger partial charge in [-0.3, -0.25) is 9.59 Å². The van der Waals surface area contributed by atoms with E-state index < -0.39 is 16.1 Å². The Morgan fingerprint density at radius 1 is 1.24 bits per heavy atom. The molecule has 2 aliphatic rings. The number of nitrogens with zero attached hydrogens (tertiary/aromatic N) is 2. The van der Waals surface area contributed by atoms with E-state index in [2.05, 4.69) is 11.9 Å². The molecule has 9 heteroatoms. The van der Waals surface area contributed by atoms with Crippen molar-refractivity contribution in [2.75, 3.05) is 26.2 Å². The topological polar surface area (TPSA) is 86.8 Å². The van der Waals surface area contributed by atoms with Crippen molar-refractivity contribution in [1.29, 1.82) is 0 Å². The first-order valence-electron chi connectivity index (χ1n) is 9.87. The van der Waals surface area contributed by atoms with Crippen LogP contribution < -0.4 is 5.32 Å². The highest BCUT2D eigenvalue weighted by Gasteiger charge is 2.45. The first kappa shape index (κ1) is 22.0. The Morgan fingerprint density at radius 3 is 2.45 bits per heavy atom. The molecule has 0 bridgehead atoms. The van der Waals surface area contributed by atoms with Crippen LogP contribution >= 0.6 is 11.3 Å². The third kappa shape index (κ3) is 4.90. The standard InChI is InChI=1S/C20H29N3O4S2/c1-15(2)13-17(21-16(3)24)19(25)22-9-6-20(14-22)7-10-23(11-8-20)29(26,27)18-5-4-12-28-18/h4-5,12,17H,1,6-11,13-14H2,2-3H3,(H,21,24). The molecular formula is C20H29N3O4S2. The SMILES string of the molecule is C=C(C)CC(NC(C)=O)C(=O)N1CCC2(CCN(S(=O)(=O)c3cccs3)CC2)C1. The first-order valence-corrected chi connectivity index (χ1v) is 12.2. The minimum atomic E-state index is -3.42. The van der Waals surface area contributed by atoms with Crippen LogP contribution in [-0.2, 0) is 19.6 Å². The van der Waals surface area contributed by atoms with Crippen LogP contribution in [0.15, 0.2) is 33.9 Å². The Hall–Kier alpha value is -1.71. The van der Waals surface area contributed by atoms with Gasteiger partial charge in [0.25, 0.3) is 10.0 Å². The third-order valence-electron chi connectivity index (χ3n) is 5.85. The second-order valence-electron chi connectivity index (χ2n) is 8.26. The van der Waals surface area contributed by atoms with Crippen LogP contribution in [0.25, 0.3) is 0 Å². The number of nitrogens with one attached hydrogen (secondary N) is 1. The third-order valence-corrected chi connectivity index (χ3v) is 9.12.